The molecule has 0 saturated heterocycles. The summed E-state index contributed by atoms with van der Waals surface area (Å²) in [7, 11) is 0. The minimum Gasteiger partial charge on any atom is -0.489 e. The molecule has 1 aliphatic carbocycles. The summed E-state index contributed by atoms with van der Waals surface area (Å²) < 4.78 is 5.73. The quantitative estimate of drug-likeness (QED) is 0.890. The largest absolute Gasteiger partial charge is 0.489 e. The van der Waals surface area contributed by atoms with E-state index >= 15 is 0 Å². The predicted octanol–water partition coefficient (Wildman–Crippen LogP) is 3.25. The second kappa shape index (κ2) is 6.60. The monoisotopic (exact) mass is 296 g/mol. The van der Waals surface area contributed by atoms with Crippen molar-refractivity contribution in [3.8, 4) is 5.75 Å². The van der Waals surface area contributed by atoms with E-state index in [0.29, 0.717) is 6.61 Å². The summed E-state index contributed by atoms with van der Waals surface area (Å²) in [4.78, 5) is 15.8. The Bertz CT molecular complexity index is 621. The van der Waals surface area contributed by atoms with Crippen molar-refractivity contribution in [2.45, 2.75) is 32.4 Å². The molecule has 1 fully saturated rings. The second-order valence-corrected chi connectivity index (χ2v) is 5.72. The third kappa shape index (κ3) is 3.85. The molecule has 0 radical (unpaired) electrons. The van der Waals surface area contributed by atoms with E-state index in [2.05, 4.69) is 10.3 Å². The van der Waals surface area contributed by atoms with Crippen LogP contribution in [-0.2, 0) is 11.4 Å². The Morgan fingerprint density at radius 1 is 1.32 bits per heavy atom. The van der Waals surface area contributed by atoms with Crippen molar-refractivity contribution in [3.05, 3.63) is 59.9 Å². The Morgan fingerprint density at radius 2 is 2.09 bits per heavy atom. The average Bonchev–Trinajstić information content (AvgIpc) is 3.39. The van der Waals surface area contributed by atoms with E-state index in [0.717, 1.165) is 29.7 Å². The highest BCUT2D eigenvalue weighted by atomic mass is 16.5. The van der Waals surface area contributed by atoms with Crippen LogP contribution < -0.4 is 10.1 Å². The Labute approximate surface area is 130 Å². The van der Waals surface area contributed by atoms with E-state index in [1.54, 1.807) is 12.4 Å². The van der Waals surface area contributed by atoms with Gasteiger partial charge in [0.2, 0.25) is 5.91 Å². The van der Waals surface area contributed by atoms with Gasteiger partial charge in [-0.05, 0) is 43.5 Å². The van der Waals surface area contributed by atoms with Gasteiger partial charge in [0, 0.05) is 23.9 Å². The zero-order chi connectivity index (χ0) is 15.4. The predicted molar refractivity (Wildman–Crippen MR) is 84.3 cm³/mol. The molecule has 1 saturated carbocycles. The number of nitrogens with zero attached hydrogens (tertiary/aromatic N) is 1. The van der Waals surface area contributed by atoms with Crippen LogP contribution in [0.15, 0.2) is 48.8 Å². The molecule has 4 nitrogen and oxygen atoms in total. The molecular formula is C18H20N2O2. The van der Waals surface area contributed by atoms with E-state index in [9.17, 15) is 4.79 Å². The molecule has 0 aliphatic heterocycles. The lowest BCUT2D eigenvalue weighted by Gasteiger charge is -2.15. The summed E-state index contributed by atoms with van der Waals surface area (Å²) in [5, 5.41) is 3.05. The van der Waals surface area contributed by atoms with Gasteiger partial charge in [0.15, 0.2) is 0 Å². The number of aromatic nitrogens is 1. The smallest absolute Gasteiger partial charge is 0.223 e. The Balaban J connectivity index is 1.54. The number of hydrogen-bond acceptors (Lipinski definition) is 3. The van der Waals surface area contributed by atoms with Gasteiger partial charge in [-0.1, -0.05) is 18.2 Å². The van der Waals surface area contributed by atoms with E-state index in [-0.39, 0.29) is 17.9 Å². The minimum atomic E-state index is 0.0282. The number of amides is 1. The number of nitrogens with one attached hydrogen (secondary N) is 1. The molecule has 1 aromatic heterocycles. The molecule has 1 aliphatic rings. The van der Waals surface area contributed by atoms with Crippen molar-refractivity contribution in [2.75, 3.05) is 0 Å². The van der Waals surface area contributed by atoms with Crippen LogP contribution in [0.25, 0.3) is 0 Å². The fourth-order valence-corrected chi connectivity index (χ4v) is 2.26. The summed E-state index contributed by atoms with van der Waals surface area (Å²) in [6.45, 7) is 2.51. The molecule has 2 aromatic rings. The molecule has 1 atom stereocenters. The fourth-order valence-electron chi connectivity index (χ4n) is 2.26. The van der Waals surface area contributed by atoms with Gasteiger partial charge >= 0.3 is 0 Å². The fraction of sp³-hybridized carbons (Fsp3) is 0.333. The molecule has 1 N–H and O–H groups in total. The summed E-state index contributed by atoms with van der Waals surface area (Å²) in [5.41, 5.74) is 2.12. The Hall–Kier alpha value is -2.36. The highest BCUT2D eigenvalue weighted by Crippen LogP contribution is 2.30. The maximum Gasteiger partial charge on any atom is 0.223 e. The van der Waals surface area contributed by atoms with Crippen LogP contribution in [0.1, 0.15) is 36.9 Å². The number of rotatable bonds is 6. The van der Waals surface area contributed by atoms with Gasteiger partial charge in [-0.3, -0.25) is 9.78 Å². The first-order chi connectivity index (χ1) is 10.7. The van der Waals surface area contributed by atoms with Crippen LogP contribution >= 0.6 is 0 Å². The topological polar surface area (TPSA) is 51.2 Å². The standard InChI is InChI=1S/C18H20N2O2/c1-13(20-18(21)16-4-5-16)15-6-8-17(9-7-15)22-12-14-3-2-10-19-11-14/h2-3,6-11,13,16H,4-5,12H2,1H3,(H,20,21)/t13-/m1/s1. The first kappa shape index (κ1) is 14.6. The van der Waals surface area contributed by atoms with Crippen molar-refractivity contribution in [1.82, 2.24) is 10.3 Å². The van der Waals surface area contributed by atoms with Crippen molar-refractivity contribution in [3.63, 3.8) is 0 Å². The highest BCUT2D eigenvalue weighted by Gasteiger charge is 2.30. The van der Waals surface area contributed by atoms with Crippen LogP contribution in [0.4, 0.5) is 0 Å². The molecule has 4 heteroatoms. The normalized spacial score (nSPS) is 15.1. The van der Waals surface area contributed by atoms with Gasteiger partial charge in [0.1, 0.15) is 12.4 Å². The van der Waals surface area contributed by atoms with Gasteiger partial charge in [0.05, 0.1) is 6.04 Å². The molecule has 22 heavy (non-hydrogen) atoms. The van der Waals surface area contributed by atoms with Gasteiger partial charge in [-0.15, -0.1) is 0 Å². The van der Waals surface area contributed by atoms with Crippen LogP contribution in [0.3, 0.4) is 0 Å². The van der Waals surface area contributed by atoms with Crippen molar-refractivity contribution in [1.29, 1.82) is 0 Å². The van der Waals surface area contributed by atoms with Gasteiger partial charge in [-0.2, -0.15) is 0 Å². The molecule has 114 valence electrons. The first-order valence-corrected chi connectivity index (χ1v) is 7.64. The molecule has 3 rings (SSSR count). The van der Waals surface area contributed by atoms with E-state index in [4.69, 9.17) is 4.74 Å². The SMILES string of the molecule is C[C@@H](NC(=O)C1CC1)c1ccc(OCc2cccnc2)cc1. The summed E-state index contributed by atoms with van der Waals surface area (Å²) in [5.74, 6) is 1.22. The zero-order valence-electron chi connectivity index (χ0n) is 12.7. The number of carbonyl (C=O) groups is 1. The lowest BCUT2D eigenvalue weighted by molar-refractivity contribution is -0.122. The second-order valence-electron chi connectivity index (χ2n) is 5.72. The van der Waals surface area contributed by atoms with Crippen LogP contribution in [0.5, 0.6) is 5.75 Å². The van der Waals surface area contributed by atoms with E-state index in [1.165, 1.54) is 0 Å². The average molecular weight is 296 g/mol. The zero-order valence-corrected chi connectivity index (χ0v) is 12.7. The van der Waals surface area contributed by atoms with Crippen LogP contribution in [0, 0.1) is 5.92 Å². The summed E-state index contributed by atoms with van der Waals surface area (Å²) >= 11 is 0. The van der Waals surface area contributed by atoms with Gasteiger partial charge < -0.3 is 10.1 Å². The minimum absolute atomic E-state index is 0.0282. The molecule has 0 bridgehead atoms. The third-order valence-electron chi connectivity index (χ3n) is 3.82. The maximum atomic E-state index is 11.8. The number of pyridine rings is 1. The molecule has 1 amide bonds. The Morgan fingerprint density at radius 3 is 2.73 bits per heavy atom. The molecule has 1 aromatic carbocycles. The molecule has 1 heterocycles. The maximum absolute atomic E-state index is 11.8. The molecule has 0 unspecified atom stereocenters. The number of benzene rings is 1. The van der Waals surface area contributed by atoms with Crippen molar-refractivity contribution in [2.24, 2.45) is 5.92 Å². The lowest BCUT2D eigenvalue weighted by Crippen LogP contribution is -2.27. The molecule has 0 spiro atoms. The summed E-state index contributed by atoms with van der Waals surface area (Å²) in [6.07, 6.45) is 5.60. The number of carbonyl (C=O) groups excluding carboxylic acids is 1. The van der Waals surface area contributed by atoms with Crippen molar-refractivity contribution >= 4 is 5.91 Å². The van der Waals surface area contributed by atoms with Gasteiger partial charge in [-0.25, -0.2) is 0 Å². The highest BCUT2D eigenvalue weighted by molar-refractivity contribution is 5.81. The van der Waals surface area contributed by atoms with Crippen LogP contribution in [0.2, 0.25) is 0 Å². The summed E-state index contributed by atoms with van der Waals surface area (Å²) in [6, 6.07) is 11.8. The number of ether oxygens (including phenoxy) is 1. The third-order valence-corrected chi connectivity index (χ3v) is 3.82. The Kier molecular flexibility index (Phi) is 4.37. The molecular weight excluding hydrogens is 276 g/mol. The van der Waals surface area contributed by atoms with Crippen LogP contribution in [-0.4, -0.2) is 10.9 Å². The first-order valence-electron chi connectivity index (χ1n) is 7.64. The van der Waals surface area contributed by atoms with E-state index < -0.39 is 0 Å². The van der Waals surface area contributed by atoms with E-state index in [1.807, 2.05) is 43.3 Å². The lowest BCUT2D eigenvalue weighted by atomic mass is 10.1. The number of hydrogen-bond donors (Lipinski definition) is 1. The van der Waals surface area contributed by atoms with Crippen molar-refractivity contribution < 1.29 is 9.53 Å². The van der Waals surface area contributed by atoms with Gasteiger partial charge in [0.25, 0.3) is 0 Å².